The Balaban J connectivity index is 1.03. The van der Waals surface area contributed by atoms with Crippen molar-refractivity contribution in [2.75, 3.05) is 4.90 Å². The van der Waals surface area contributed by atoms with Crippen molar-refractivity contribution < 1.29 is 0 Å². The Kier molecular flexibility index (Phi) is 8.55. The molecule has 0 saturated carbocycles. The molecule has 2 heteroatoms. The van der Waals surface area contributed by atoms with Crippen molar-refractivity contribution in [3.8, 4) is 50.2 Å². The maximum Gasteiger partial charge on any atom is 0.0547 e. The van der Waals surface area contributed by atoms with Gasteiger partial charge in [-0.05, 0) is 105 Å². The maximum atomic E-state index is 2.38. The molecule has 10 rings (SSSR count). The molecule has 1 heterocycles. The first-order valence-corrected chi connectivity index (χ1v) is 19.2. The van der Waals surface area contributed by atoms with E-state index in [-0.39, 0.29) is 0 Å². The number of benzene rings is 9. The van der Waals surface area contributed by atoms with Gasteiger partial charge in [0, 0.05) is 33.5 Å². The predicted octanol–water partition coefficient (Wildman–Crippen LogP) is 14.9. The van der Waals surface area contributed by atoms with E-state index < -0.39 is 0 Å². The summed E-state index contributed by atoms with van der Waals surface area (Å²) < 4.78 is 2.38. The molecule has 0 radical (unpaired) electrons. The van der Waals surface area contributed by atoms with Gasteiger partial charge < -0.3 is 9.47 Å². The average molecular weight is 715 g/mol. The first-order valence-electron chi connectivity index (χ1n) is 19.2. The number of fused-ring (bicyclic) bond motifs is 3. The number of rotatable bonds is 8. The van der Waals surface area contributed by atoms with Gasteiger partial charge in [0.05, 0.1) is 11.0 Å². The topological polar surface area (TPSA) is 8.17 Å². The summed E-state index contributed by atoms with van der Waals surface area (Å²) >= 11 is 0. The molecule has 0 aliphatic carbocycles. The van der Waals surface area contributed by atoms with Gasteiger partial charge in [0.2, 0.25) is 0 Å². The van der Waals surface area contributed by atoms with Crippen molar-refractivity contribution in [3.63, 3.8) is 0 Å². The van der Waals surface area contributed by atoms with Crippen molar-refractivity contribution >= 4 is 38.9 Å². The molecule has 2 nitrogen and oxygen atoms in total. The minimum absolute atomic E-state index is 1.10. The third-order valence-electron chi connectivity index (χ3n) is 10.8. The van der Waals surface area contributed by atoms with Crippen LogP contribution in [0.25, 0.3) is 72.0 Å². The zero-order chi connectivity index (χ0) is 37.3. The fraction of sp³-hybridized carbons (Fsp3) is 0. The van der Waals surface area contributed by atoms with Crippen LogP contribution >= 0.6 is 0 Å². The lowest BCUT2D eigenvalue weighted by molar-refractivity contribution is 1.18. The minimum atomic E-state index is 1.10. The van der Waals surface area contributed by atoms with Crippen molar-refractivity contribution in [2.24, 2.45) is 0 Å². The molecule has 0 spiro atoms. The summed E-state index contributed by atoms with van der Waals surface area (Å²) in [6.07, 6.45) is 0. The van der Waals surface area contributed by atoms with Crippen molar-refractivity contribution in [1.29, 1.82) is 0 Å². The molecule has 0 aliphatic rings. The third-order valence-corrected chi connectivity index (χ3v) is 10.8. The molecule has 0 atom stereocenters. The summed E-state index contributed by atoms with van der Waals surface area (Å²) in [5, 5.41) is 2.52. The largest absolute Gasteiger partial charge is 0.311 e. The van der Waals surface area contributed by atoms with Gasteiger partial charge >= 0.3 is 0 Å². The van der Waals surface area contributed by atoms with Crippen LogP contribution in [0.15, 0.2) is 231 Å². The molecular weight excluding hydrogens is 677 g/mol. The second-order valence-electron chi connectivity index (χ2n) is 14.2. The first kappa shape index (κ1) is 33.2. The molecule has 0 N–H and O–H groups in total. The van der Waals surface area contributed by atoms with E-state index in [4.69, 9.17) is 0 Å². The number of anilines is 3. The third kappa shape index (κ3) is 6.14. The van der Waals surface area contributed by atoms with Crippen LogP contribution in [-0.2, 0) is 0 Å². The van der Waals surface area contributed by atoms with E-state index in [0.717, 1.165) is 22.7 Å². The molecule has 0 aliphatic heterocycles. The lowest BCUT2D eigenvalue weighted by atomic mass is 9.98. The summed E-state index contributed by atoms with van der Waals surface area (Å²) in [4.78, 5) is 2.35. The van der Waals surface area contributed by atoms with E-state index in [2.05, 4.69) is 240 Å². The van der Waals surface area contributed by atoms with E-state index in [0.29, 0.717) is 0 Å². The van der Waals surface area contributed by atoms with Crippen LogP contribution in [0.4, 0.5) is 17.1 Å². The number of hydrogen-bond acceptors (Lipinski definition) is 1. The zero-order valence-electron chi connectivity index (χ0n) is 30.8. The molecular formula is C54H38N2. The Bertz CT molecular complexity index is 2890. The van der Waals surface area contributed by atoms with E-state index in [1.54, 1.807) is 0 Å². The fourth-order valence-corrected chi connectivity index (χ4v) is 8.07. The summed E-state index contributed by atoms with van der Waals surface area (Å²) in [5.74, 6) is 0. The first-order chi connectivity index (χ1) is 27.8. The Labute approximate surface area is 327 Å². The van der Waals surface area contributed by atoms with Crippen LogP contribution in [0.3, 0.4) is 0 Å². The minimum Gasteiger partial charge on any atom is -0.311 e. The van der Waals surface area contributed by atoms with Gasteiger partial charge in [-0.3, -0.25) is 0 Å². The van der Waals surface area contributed by atoms with Gasteiger partial charge in [0.25, 0.3) is 0 Å². The van der Waals surface area contributed by atoms with E-state index >= 15 is 0 Å². The van der Waals surface area contributed by atoms with E-state index in [1.807, 2.05) is 0 Å². The highest BCUT2D eigenvalue weighted by Crippen LogP contribution is 2.41. The highest BCUT2D eigenvalue weighted by molar-refractivity contribution is 6.15. The van der Waals surface area contributed by atoms with Crippen LogP contribution < -0.4 is 4.90 Å². The zero-order valence-corrected chi connectivity index (χ0v) is 30.8. The number of para-hydroxylation sites is 2. The molecule has 264 valence electrons. The lowest BCUT2D eigenvalue weighted by Crippen LogP contribution is -2.09. The van der Waals surface area contributed by atoms with Crippen molar-refractivity contribution in [2.45, 2.75) is 0 Å². The normalized spacial score (nSPS) is 11.2. The molecule has 0 unspecified atom stereocenters. The van der Waals surface area contributed by atoms with Gasteiger partial charge in [0.1, 0.15) is 0 Å². The lowest BCUT2D eigenvalue weighted by Gasteiger charge is -2.26. The number of hydrogen-bond donors (Lipinski definition) is 0. The number of nitrogens with zero attached hydrogens (tertiary/aromatic N) is 2. The van der Waals surface area contributed by atoms with Gasteiger partial charge in [-0.15, -0.1) is 0 Å². The van der Waals surface area contributed by atoms with Crippen molar-refractivity contribution in [3.05, 3.63) is 231 Å². The summed E-state index contributed by atoms with van der Waals surface area (Å²) in [7, 11) is 0. The van der Waals surface area contributed by atoms with Gasteiger partial charge in [-0.2, -0.15) is 0 Å². The predicted molar refractivity (Wildman–Crippen MR) is 237 cm³/mol. The Morgan fingerprint density at radius 2 is 0.643 bits per heavy atom. The summed E-state index contributed by atoms with van der Waals surface area (Å²) in [6.45, 7) is 0. The second kappa shape index (κ2) is 14.4. The summed E-state index contributed by atoms with van der Waals surface area (Å²) in [5.41, 5.74) is 16.5. The number of aromatic nitrogens is 1. The van der Waals surface area contributed by atoms with Crippen molar-refractivity contribution in [1.82, 2.24) is 4.57 Å². The monoisotopic (exact) mass is 714 g/mol. The Morgan fingerprint density at radius 1 is 0.268 bits per heavy atom. The Morgan fingerprint density at radius 3 is 1.14 bits per heavy atom. The molecule has 10 aromatic rings. The Hall–Kier alpha value is -7.42. The van der Waals surface area contributed by atoms with Crippen LogP contribution in [0, 0.1) is 0 Å². The van der Waals surface area contributed by atoms with Gasteiger partial charge in [-0.1, -0.05) is 170 Å². The molecule has 0 saturated heterocycles. The summed E-state index contributed by atoms with van der Waals surface area (Å²) in [6, 6.07) is 82.9. The van der Waals surface area contributed by atoms with Gasteiger partial charge in [0.15, 0.2) is 0 Å². The molecule has 56 heavy (non-hydrogen) atoms. The molecule has 0 bridgehead atoms. The average Bonchev–Trinajstić information content (AvgIpc) is 3.63. The quantitative estimate of drug-likeness (QED) is 0.152. The van der Waals surface area contributed by atoms with Crippen LogP contribution in [-0.4, -0.2) is 4.57 Å². The smallest absolute Gasteiger partial charge is 0.0547 e. The van der Waals surface area contributed by atoms with Crippen LogP contribution in [0.2, 0.25) is 0 Å². The SMILES string of the molecule is c1ccc(-c2ccc(-c3ccc(N(c4ccc(-c5ccccc5)cc4)c4ccc(-c5cccc6c5c5ccccc5n6-c5ccccc5)cc4)cc3)cc2)cc1. The fourth-order valence-electron chi connectivity index (χ4n) is 8.07. The van der Waals surface area contributed by atoms with E-state index in [1.165, 1.54) is 66.3 Å². The second-order valence-corrected chi connectivity index (χ2v) is 14.2. The molecule has 9 aromatic carbocycles. The van der Waals surface area contributed by atoms with Crippen LogP contribution in [0.5, 0.6) is 0 Å². The van der Waals surface area contributed by atoms with E-state index in [9.17, 15) is 0 Å². The van der Waals surface area contributed by atoms with Gasteiger partial charge in [-0.25, -0.2) is 0 Å². The maximum absolute atomic E-state index is 2.38. The van der Waals surface area contributed by atoms with Crippen LogP contribution in [0.1, 0.15) is 0 Å². The molecule has 0 amide bonds. The molecule has 1 aromatic heterocycles. The highest BCUT2D eigenvalue weighted by atomic mass is 15.1. The highest BCUT2D eigenvalue weighted by Gasteiger charge is 2.18. The molecule has 0 fully saturated rings. The standard InChI is InChI=1S/C54H38N2/c1-4-13-39(14-5-1)41-23-25-42(26-24-41)44-29-35-48(36-30-44)55(47-33-27-43(28-34-47)40-15-6-2-7-16-40)49-37-31-45(32-38-49)50-20-12-22-53-54(50)51-19-10-11-21-52(51)56(53)46-17-8-3-9-18-46/h1-38H.